The minimum absolute atomic E-state index is 0.0472. The van der Waals surface area contributed by atoms with Crippen LogP contribution in [0, 0.1) is 5.95 Å². The van der Waals surface area contributed by atoms with Crippen molar-refractivity contribution in [3.05, 3.63) is 34.5 Å². The number of nitrogens with zero attached hydrogens (tertiary/aromatic N) is 3. The number of hydrogen-bond acceptors (Lipinski definition) is 6. The molecule has 11 heteroatoms. The summed E-state index contributed by atoms with van der Waals surface area (Å²) >= 11 is 0.908. The van der Waals surface area contributed by atoms with Crippen LogP contribution in [0.1, 0.15) is 69.5 Å². The Morgan fingerprint density at radius 1 is 1.28 bits per heavy atom. The lowest BCUT2D eigenvalue weighted by atomic mass is 9.95. The third-order valence-electron chi connectivity index (χ3n) is 4.04. The number of carbonyl (C=O) groups excluding carboxylic acids is 1. The summed E-state index contributed by atoms with van der Waals surface area (Å²) in [6, 6.07) is -0.967. The van der Waals surface area contributed by atoms with E-state index in [0.717, 1.165) is 11.3 Å². The first-order valence-electron chi connectivity index (χ1n) is 8.97. The van der Waals surface area contributed by atoms with Gasteiger partial charge in [-0.05, 0) is 31.2 Å². The van der Waals surface area contributed by atoms with Crippen LogP contribution in [-0.2, 0) is 15.5 Å². The standard InChI is InChI=1S/C18H26FN5O3S2/c1-9(2)11-7-21-15(19)13(10(3)4)14(11)23-17(25)24-29(20,27)12-8-22-16(28-12)18(5,6)26/h7-10,26H,1-6H3,(H3,20,21,23,24,25,27). The molecule has 2 aromatic heterocycles. The Kier molecular flexibility index (Phi) is 6.78. The highest BCUT2D eigenvalue weighted by molar-refractivity contribution is 7.93. The van der Waals surface area contributed by atoms with Crippen LogP contribution in [0.5, 0.6) is 0 Å². The van der Waals surface area contributed by atoms with Crippen molar-refractivity contribution in [2.45, 2.75) is 63.2 Å². The molecule has 0 fully saturated rings. The molecule has 1 unspecified atom stereocenters. The average molecular weight is 444 g/mol. The molecule has 0 radical (unpaired) electrons. The first-order valence-corrected chi connectivity index (χ1v) is 11.4. The molecule has 0 aliphatic heterocycles. The Morgan fingerprint density at radius 3 is 2.38 bits per heavy atom. The quantitative estimate of drug-likeness (QED) is 0.599. The molecule has 8 nitrogen and oxygen atoms in total. The van der Waals surface area contributed by atoms with Crippen molar-refractivity contribution in [3.8, 4) is 0 Å². The van der Waals surface area contributed by atoms with Crippen molar-refractivity contribution >= 4 is 33.0 Å². The highest BCUT2D eigenvalue weighted by Crippen LogP contribution is 2.33. The van der Waals surface area contributed by atoms with E-state index in [2.05, 4.69) is 19.6 Å². The molecule has 4 N–H and O–H groups in total. The molecule has 0 spiro atoms. The maximum absolute atomic E-state index is 14.3. The van der Waals surface area contributed by atoms with Gasteiger partial charge in [-0.25, -0.2) is 24.1 Å². The van der Waals surface area contributed by atoms with Crippen LogP contribution in [0.4, 0.5) is 14.9 Å². The van der Waals surface area contributed by atoms with Gasteiger partial charge in [0.25, 0.3) is 0 Å². The van der Waals surface area contributed by atoms with Gasteiger partial charge in [0.05, 0.1) is 11.9 Å². The van der Waals surface area contributed by atoms with Gasteiger partial charge < -0.3 is 10.4 Å². The summed E-state index contributed by atoms with van der Waals surface area (Å²) in [6.45, 7) is 10.4. The molecule has 2 rings (SSSR count). The second kappa shape index (κ2) is 8.42. The van der Waals surface area contributed by atoms with Gasteiger partial charge in [-0.1, -0.05) is 27.7 Å². The Bertz CT molecular complexity index is 1030. The number of amides is 2. The maximum atomic E-state index is 14.3. The smallest absolute Gasteiger partial charge is 0.354 e. The lowest BCUT2D eigenvalue weighted by Gasteiger charge is -2.19. The number of pyridine rings is 1. The summed E-state index contributed by atoms with van der Waals surface area (Å²) in [7, 11) is -3.60. The zero-order chi connectivity index (χ0) is 22.1. The third-order valence-corrected chi connectivity index (χ3v) is 7.23. The SMILES string of the molecule is CC(C)c1cnc(F)c(C(C)C)c1NC(=O)N=S(N)(=O)c1cnc(C(C)(C)O)s1. The van der Waals surface area contributed by atoms with Crippen LogP contribution in [-0.4, -0.2) is 25.3 Å². The van der Waals surface area contributed by atoms with Crippen LogP contribution in [0.2, 0.25) is 0 Å². The summed E-state index contributed by atoms with van der Waals surface area (Å²) in [4.78, 5) is 20.3. The van der Waals surface area contributed by atoms with Crippen molar-refractivity contribution in [2.75, 3.05) is 5.32 Å². The number of aromatic nitrogens is 2. The molecule has 29 heavy (non-hydrogen) atoms. The predicted octanol–water partition coefficient (Wildman–Crippen LogP) is 4.08. The van der Waals surface area contributed by atoms with Gasteiger partial charge in [0.15, 0.2) is 9.92 Å². The van der Waals surface area contributed by atoms with Gasteiger partial charge in [-0.15, -0.1) is 15.7 Å². The topological polar surface area (TPSA) is 131 Å². The fourth-order valence-electron chi connectivity index (χ4n) is 2.60. The van der Waals surface area contributed by atoms with E-state index in [1.54, 1.807) is 13.8 Å². The molecular formula is C18H26FN5O3S2. The summed E-state index contributed by atoms with van der Waals surface area (Å²) in [5.41, 5.74) is -0.115. The van der Waals surface area contributed by atoms with Gasteiger partial charge in [-0.3, -0.25) is 0 Å². The molecule has 1 atom stereocenters. The number of carbonyl (C=O) groups is 1. The van der Waals surface area contributed by atoms with Crippen LogP contribution in [0.3, 0.4) is 0 Å². The van der Waals surface area contributed by atoms with E-state index >= 15 is 0 Å². The van der Waals surface area contributed by atoms with Crippen molar-refractivity contribution in [1.29, 1.82) is 0 Å². The highest BCUT2D eigenvalue weighted by atomic mass is 32.2. The number of rotatable bonds is 5. The number of anilines is 1. The van der Waals surface area contributed by atoms with E-state index in [9.17, 15) is 18.5 Å². The molecule has 0 aliphatic carbocycles. The van der Waals surface area contributed by atoms with Crippen LogP contribution >= 0.6 is 11.3 Å². The lowest BCUT2D eigenvalue weighted by molar-refractivity contribution is 0.0783. The Hall–Kier alpha value is -1.95. The highest BCUT2D eigenvalue weighted by Gasteiger charge is 2.25. The van der Waals surface area contributed by atoms with E-state index in [4.69, 9.17) is 5.14 Å². The second-order valence-electron chi connectivity index (χ2n) is 7.74. The van der Waals surface area contributed by atoms with Gasteiger partial charge >= 0.3 is 6.03 Å². The van der Waals surface area contributed by atoms with Crippen LogP contribution in [0.15, 0.2) is 21.0 Å². The van der Waals surface area contributed by atoms with Crippen molar-refractivity contribution in [2.24, 2.45) is 9.50 Å². The molecule has 2 amide bonds. The zero-order valence-corrected chi connectivity index (χ0v) is 18.8. The fourth-order valence-corrected chi connectivity index (χ4v) is 4.66. The largest absolute Gasteiger partial charge is 0.383 e. The summed E-state index contributed by atoms with van der Waals surface area (Å²) in [5, 5.41) is 18.6. The van der Waals surface area contributed by atoms with Crippen molar-refractivity contribution in [3.63, 3.8) is 0 Å². The lowest BCUT2D eigenvalue weighted by Crippen LogP contribution is -2.19. The molecular weight excluding hydrogens is 417 g/mol. The summed E-state index contributed by atoms with van der Waals surface area (Å²) in [6.07, 6.45) is 2.59. The van der Waals surface area contributed by atoms with E-state index in [0.29, 0.717) is 10.6 Å². The molecule has 0 saturated carbocycles. The number of aliphatic hydroxyl groups is 1. The monoisotopic (exact) mass is 443 g/mol. The normalized spacial score (nSPS) is 14.2. The summed E-state index contributed by atoms with van der Waals surface area (Å²) < 4.78 is 30.7. The van der Waals surface area contributed by atoms with Crippen LogP contribution < -0.4 is 10.5 Å². The molecule has 2 aromatic rings. The minimum Gasteiger partial charge on any atom is -0.383 e. The summed E-state index contributed by atoms with van der Waals surface area (Å²) in [5.74, 6) is -0.992. The molecule has 160 valence electrons. The second-order valence-corrected chi connectivity index (χ2v) is 10.8. The Labute approximate surface area is 174 Å². The number of nitrogens with two attached hydrogens (primary N) is 1. The van der Waals surface area contributed by atoms with E-state index < -0.39 is 27.5 Å². The Balaban J connectivity index is 2.46. The van der Waals surface area contributed by atoms with Gasteiger partial charge in [0.2, 0.25) is 5.95 Å². The van der Waals surface area contributed by atoms with Gasteiger partial charge in [0.1, 0.15) is 14.8 Å². The average Bonchev–Trinajstić information content (AvgIpc) is 3.04. The predicted molar refractivity (Wildman–Crippen MR) is 112 cm³/mol. The van der Waals surface area contributed by atoms with Gasteiger partial charge in [0, 0.05) is 11.8 Å². The van der Waals surface area contributed by atoms with E-state index in [1.165, 1.54) is 26.2 Å². The number of urea groups is 1. The first kappa shape index (κ1) is 23.3. The minimum atomic E-state index is -3.60. The molecule has 0 saturated heterocycles. The number of halogens is 1. The van der Waals surface area contributed by atoms with Crippen molar-refractivity contribution in [1.82, 2.24) is 9.97 Å². The first-order chi connectivity index (χ1) is 13.2. The number of hydrogen-bond donors (Lipinski definition) is 3. The van der Waals surface area contributed by atoms with Crippen molar-refractivity contribution < 1.29 is 18.5 Å². The molecule has 0 aromatic carbocycles. The zero-order valence-electron chi connectivity index (χ0n) is 17.2. The fraction of sp³-hybridized carbons (Fsp3) is 0.500. The molecule has 0 bridgehead atoms. The van der Waals surface area contributed by atoms with Gasteiger partial charge in [-0.2, -0.15) is 4.39 Å². The van der Waals surface area contributed by atoms with E-state index in [-0.39, 0.29) is 27.3 Å². The van der Waals surface area contributed by atoms with Crippen LogP contribution in [0.25, 0.3) is 0 Å². The van der Waals surface area contributed by atoms with E-state index in [1.807, 2.05) is 13.8 Å². The number of nitrogens with one attached hydrogen (secondary N) is 1. The number of thiazole rings is 1. The third kappa shape index (κ3) is 5.35. The Morgan fingerprint density at radius 2 is 1.90 bits per heavy atom. The maximum Gasteiger partial charge on any atom is 0.354 e. The molecule has 0 aliphatic rings. The molecule has 2 heterocycles.